The Kier molecular flexibility index (Phi) is 3.03. The highest BCUT2D eigenvalue weighted by Crippen LogP contribution is 2.32. The van der Waals surface area contributed by atoms with Gasteiger partial charge in [0.15, 0.2) is 0 Å². The van der Waals surface area contributed by atoms with Crippen LogP contribution in [0, 0.1) is 0 Å². The first-order valence-electron chi connectivity index (χ1n) is 6.72. The van der Waals surface area contributed by atoms with Crippen molar-refractivity contribution in [3.63, 3.8) is 0 Å². The van der Waals surface area contributed by atoms with Crippen LogP contribution in [-0.4, -0.2) is 28.6 Å². The van der Waals surface area contributed by atoms with E-state index in [1.165, 1.54) is 10.9 Å². The summed E-state index contributed by atoms with van der Waals surface area (Å²) < 4.78 is 0. The van der Waals surface area contributed by atoms with Gasteiger partial charge in [-0.2, -0.15) is 0 Å². The molecule has 4 heteroatoms. The van der Waals surface area contributed by atoms with Gasteiger partial charge in [0.25, 0.3) is 0 Å². The maximum absolute atomic E-state index is 12.1. The first-order valence-corrected chi connectivity index (χ1v) is 6.72. The second-order valence-electron chi connectivity index (χ2n) is 5.24. The summed E-state index contributed by atoms with van der Waals surface area (Å²) in [4.78, 5) is 15.5. The predicted octanol–water partition coefficient (Wildman–Crippen LogP) is 1.69. The zero-order valence-corrected chi connectivity index (χ0v) is 10.9. The molecule has 1 aliphatic rings. The zero-order valence-electron chi connectivity index (χ0n) is 10.9. The van der Waals surface area contributed by atoms with Gasteiger partial charge in [-0.15, -0.1) is 0 Å². The van der Waals surface area contributed by atoms with Crippen molar-refractivity contribution in [2.24, 2.45) is 0 Å². The number of aliphatic hydroxyl groups is 1. The summed E-state index contributed by atoms with van der Waals surface area (Å²) >= 11 is 0. The van der Waals surface area contributed by atoms with Gasteiger partial charge in [-0.3, -0.25) is 4.79 Å². The monoisotopic (exact) mass is 258 g/mol. The lowest BCUT2D eigenvalue weighted by molar-refractivity contribution is -0.123. The van der Waals surface area contributed by atoms with Crippen molar-refractivity contribution in [2.75, 3.05) is 6.54 Å². The van der Waals surface area contributed by atoms with Gasteiger partial charge in [-0.25, -0.2) is 0 Å². The second kappa shape index (κ2) is 4.70. The molecule has 0 aliphatic carbocycles. The number of hydrogen-bond acceptors (Lipinski definition) is 2. The molecule has 3 N–H and O–H groups in total. The van der Waals surface area contributed by atoms with Crippen molar-refractivity contribution in [3.05, 3.63) is 35.5 Å². The standard InChI is InChI=1S/C15H18N2O2/c1-9(18)8-12-14-11(6-7-16-15(12)19)10-4-2-3-5-13(10)17-14/h2-5,9,12,17-18H,6-8H2,1H3,(H,16,19). The molecule has 0 saturated carbocycles. The third-order valence-electron chi connectivity index (χ3n) is 3.76. The molecule has 0 bridgehead atoms. The van der Waals surface area contributed by atoms with E-state index in [2.05, 4.69) is 16.4 Å². The largest absolute Gasteiger partial charge is 0.393 e. The van der Waals surface area contributed by atoms with Crippen LogP contribution in [-0.2, 0) is 11.2 Å². The maximum atomic E-state index is 12.1. The van der Waals surface area contributed by atoms with Crippen LogP contribution >= 0.6 is 0 Å². The molecule has 0 fully saturated rings. The Hall–Kier alpha value is -1.81. The Labute approximate surface area is 111 Å². The molecule has 0 radical (unpaired) electrons. The minimum absolute atomic E-state index is 0.00575. The summed E-state index contributed by atoms with van der Waals surface area (Å²) in [6.07, 6.45) is 0.792. The predicted molar refractivity (Wildman–Crippen MR) is 74.1 cm³/mol. The van der Waals surface area contributed by atoms with E-state index >= 15 is 0 Å². The van der Waals surface area contributed by atoms with E-state index in [1.54, 1.807) is 6.92 Å². The van der Waals surface area contributed by atoms with Gasteiger partial charge < -0.3 is 15.4 Å². The van der Waals surface area contributed by atoms with E-state index in [9.17, 15) is 9.90 Å². The number of aromatic nitrogens is 1. The minimum Gasteiger partial charge on any atom is -0.393 e. The molecule has 0 saturated heterocycles. The normalized spacial score (nSPS) is 20.7. The van der Waals surface area contributed by atoms with Crippen LogP contribution in [0.15, 0.2) is 24.3 Å². The van der Waals surface area contributed by atoms with Crippen LogP contribution in [0.5, 0.6) is 0 Å². The molecular weight excluding hydrogens is 240 g/mol. The third kappa shape index (κ3) is 2.12. The first-order chi connectivity index (χ1) is 9.16. The van der Waals surface area contributed by atoms with Crippen molar-refractivity contribution >= 4 is 16.8 Å². The molecule has 0 spiro atoms. The van der Waals surface area contributed by atoms with Crippen molar-refractivity contribution in [1.29, 1.82) is 0 Å². The number of para-hydroxylation sites is 1. The molecule has 1 aromatic carbocycles. The SMILES string of the molecule is CC(O)CC1C(=O)NCCc2c1[nH]c1ccccc21. The molecule has 2 atom stereocenters. The average Bonchev–Trinajstić information content (AvgIpc) is 2.67. The molecule has 19 heavy (non-hydrogen) atoms. The van der Waals surface area contributed by atoms with Crippen LogP contribution in [0.25, 0.3) is 10.9 Å². The maximum Gasteiger partial charge on any atom is 0.229 e. The fourth-order valence-electron chi connectivity index (χ4n) is 2.92. The van der Waals surface area contributed by atoms with E-state index < -0.39 is 6.10 Å². The van der Waals surface area contributed by atoms with E-state index in [-0.39, 0.29) is 11.8 Å². The van der Waals surface area contributed by atoms with Crippen LogP contribution in [0.1, 0.15) is 30.5 Å². The number of carbonyl (C=O) groups excluding carboxylic acids is 1. The smallest absolute Gasteiger partial charge is 0.229 e. The van der Waals surface area contributed by atoms with Gasteiger partial charge >= 0.3 is 0 Å². The molecule has 2 heterocycles. The van der Waals surface area contributed by atoms with Crippen molar-refractivity contribution in [2.45, 2.75) is 31.8 Å². The van der Waals surface area contributed by atoms with Crippen LogP contribution in [0.4, 0.5) is 0 Å². The van der Waals surface area contributed by atoms with E-state index in [1.807, 2.05) is 18.2 Å². The molecule has 3 rings (SSSR count). The molecule has 2 unspecified atom stereocenters. The number of amides is 1. The molecule has 100 valence electrons. The fourth-order valence-corrected chi connectivity index (χ4v) is 2.92. The molecular formula is C15H18N2O2. The summed E-state index contributed by atoms with van der Waals surface area (Å²) in [7, 11) is 0. The van der Waals surface area contributed by atoms with E-state index in [4.69, 9.17) is 0 Å². The number of aliphatic hydroxyl groups excluding tert-OH is 1. The number of carbonyl (C=O) groups is 1. The summed E-state index contributed by atoms with van der Waals surface area (Å²) in [5, 5.41) is 13.7. The second-order valence-corrected chi connectivity index (χ2v) is 5.24. The van der Waals surface area contributed by atoms with Crippen LogP contribution in [0.2, 0.25) is 0 Å². The van der Waals surface area contributed by atoms with Crippen molar-refractivity contribution < 1.29 is 9.90 Å². The summed E-state index contributed by atoms with van der Waals surface area (Å²) in [5.74, 6) is -0.281. The van der Waals surface area contributed by atoms with Gasteiger partial charge in [-0.05, 0) is 31.4 Å². The van der Waals surface area contributed by atoms with Gasteiger partial charge in [0, 0.05) is 23.1 Å². The molecule has 1 aliphatic heterocycles. The Balaban J connectivity index is 2.14. The number of rotatable bonds is 2. The van der Waals surface area contributed by atoms with Gasteiger partial charge in [0.1, 0.15) is 0 Å². The Morgan fingerprint density at radius 1 is 1.42 bits per heavy atom. The lowest BCUT2D eigenvalue weighted by atomic mass is 9.94. The number of nitrogens with one attached hydrogen (secondary N) is 2. The third-order valence-corrected chi connectivity index (χ3v) is 3.76. The highest BCUT2D eigenvalue weighted by molar-refractivity contribution is 5.90. The van der Waals surface area contributed by atoms with E-state index in [0.717, 1.165) is 17.6 Å². The zero-order chi connectivity index (χ0) is 13.4. The first kappa shape index (κ1) is 12.2. The quantitative estimate of drug-likeness (QED) is 0.767. The molecule has 1 aromatic heterocycles. The highest BCUT2D eigenvalue weighted by atomic mass is 16.3. The van der Waals surface area contributed by atoms with Crippen LogP contribution < -0.4 is 5.32 Å². The number of benzene rings is 1. The Bertz CT molecular complexity index is 616. The summed E-state index contributed by atoms with van der Waals surface area (Å²) in [5.41, 5.74) is 3.24. The number of aromatic amines is 1. The summed E-state index contributed by atoms with van der Waals surface area (Å²) in [6.45, 7) is 2.38. The van der Waals surface area contributed by atoms with Crippen molar-refractivity contribution in [3.8, 4) is 0 Å². The van der Waals surface area contributed by atoms with Gasteiger partial charge in [-0.1, -0.05) is 18.2 Å². The Morgan fingerprint density at radius 3 is 3.00 bits per heavy atom. The number of fused-ring (bicyclic) bond motifs is 3. The number of H-pyrrole nitrogens is 1. The fraction of sp³-hybridized carbons (Fsp3) is 0.400. The van der Waals surface area contributed by atoms with Gasteiger partial charge in [0.2, 0.25) is 5.91 Å². The molecule has 2 aromatic rings. The van der Waals surface area contributed by atoms with E-state index in [0.29, 0.717) is 13.0 Å². The lowest BCUT2D eigenvalue weighted by Gasteiger charge is -2.15. The van der Waals surface area contributed by atoms with Gasteiger partial charge in [0.05, 0.1) is 12.0 Å². The topological polar surface area (TPSA) is 65.1 Å². The van der Waals surface area contributed by atoms with Crippen molar-refractivity contribution in [1.82, 2.24) is 10.3 Å². The van der Waals surface area contributed by atoms with Crippen LogP contribution in [0.3, 0.4) is 0 Å². The Morgan fingerprint density at radius 2 is 2.21 bits per heavy atom. The lowest BCUT2D eigenvalue weighted by Crippen LogP contribution is -2.30. The molecule has 1 amide bonds. The molecule has 4 nitrogen and oxygen atoms in total. The highest BCUT2D eigenvalue weighted by Gasteiger charge is 2.29. The average molecular weight is 258 g/mol. The minimum atomic E-state index is -0.492. The summed E-state index contributed by atoms with van der Waals surface area (Å²) in [6, 6.07) is 8.11. The number of hydrogen-bond donors (Lipinski definition) is 3.